The molecule has 28 heavy (non-hydrogen) atoms. The van der Waals surface area contributed by atoms with E-state index < -0.39 is 9.84 Å². The lowest BCUT2D eigenvalue weighted by Crippen LogP contribution is -2.52. The molecule has 3 aliphatic rings. The van der Waals surface area contributed by atoms with Gasteiger partial charge in [-0.25, -0.2) is 8.42 Å². The van der Waals surface area contributed by atoms with E-state index in [2.05, 4.69) is 31.7 Å². The number of fused-ring (bicyclic) bond motifs is 1. The Balaban J connectivity index is 1.37. The maximum absolute atomic E-state index is 13.0. The van der Waals surface area contributed by atoms with E-state index in [-0.39, 0.29) is 17.7 Å². The van der Waals surface area contributed by atoms with Gasteiger partial charge in [-0.3, -0.25) is 9.69 Å². The molecule has 2 fully saturated rings. The van der Waals surface area contributed by atoms with Gasteiger partial charge in [-0.2, -0.15) is 0 Å². The van der Waals surface area contributed by atoms with Crippen LogP contribution in [-0.4, -0.2) is 67.9 Å². The van der Waals surface area contributed by atoms with Gasteiger partial charge in [0.1, 0.15) is 0 Å². The van der Waals surface area contributed by atoms with Crippen LogP contribution < -0.4 is 0 Å². The molecule has 2 atom stereocenters. The van der Waals surface area contributed by atoms with Crippen molar-refractivity contribution in [3.05, 3.63) is 21.4 Å². The molecule has 0 bridgehead atoms. The fourth-order valence-corrected chi connectivity index (χ4v) is 7.82. The lowest BCUT2D eigenvalue weighted by molar-refractivity contribution is 0.0592. The smallest absolute Gasteiger partial charge is 0.264 e. The minimum Gasteiger partial charge on any atom is -0.335 e. The van der Waals surface area contributed by atoms with Crippen molar-refractivity contribution >= 4 is 27.1 Å². The van der Waals surface area contributed by atoms with Crippen LogP contribution >= 0.6 is 11.3 Å². The fourth-order valence-electron chi connectivity index (χ4n) is 4.88. The van der Waals surface area contributed by atoms with E-state index >= 15 is 0 Å². The summed E-state index contributed by atoms with van der Waals surface area (Å²) >= 11 is 1.69. The molecule has 1 aromatic rings. The summed E-state index contributed by atoms with van der Waals surface area (Å²) in [6.45, 7) is 9.90. The first kappa shape index (κ1) is 20.4. The number of hydrogen-bond acceptors (Lipinski definition) is 5. The zero-order valence-electron chi connectivity index (χ0n) is 17.2. The van der Waals surface area contributed by atoms with E-state index in [1.54, 1.807) is 11.3 Å². The van der Waals surface area contributed by atoms with Crippen molar-refractivity contribution in [2.24, 2.45) is 11.3 Å². The Morgan fingerprint density at radius 2 is 1.86 bits per heavy atom. The van der Waals surface area contributed by atoms with Gasteiger partial charge < -0.3 is 4.90 Å². The lowest BCUT2D eigenvalue weighted by atomic mass is 9.72. The minimum absolute atomic E-state index is 0.144. The first-order valence-electron chi connectivity index (χ1n) is 10.5. The van der Waals surface area contributed by atoms with E-state index in [0.29, 0.717) is 30.2 Å². The second-order valence-electron chi connectivity index (χ2n) is 9.75. The van der Waals surface area contributed by atoms with E-state index in [1.807, 2.05) is 4.90 Å². The normalized spacial score (nSPS) is 28.3. The summed E-state index contributed by atoms with van der Waals surface area (Å²) in [4.78, 5) is 19.6. The third-order valence-corrected chi connectivity index (χ3v) is 9.82. The van der Waals surface area contributed by atoms with Crippen molar-refractivity contribution in [1.29, 1.82) is 0 Å². The summed E-state index contributed by atoms with van der Waals surface area (Å²) in [5, 5.41) is 0. The number of sulfone groups is 1. The molecule has 1 aromatic heterocycles. The molecule has 0 aromatic carbocycles. The van der Waals surface area contributed by atoms with Crippen LogP contribution in [0.1, 0.15) is 53.7 Å². The van der Waals surface area contributed by atoms with Crippen molar-refractivity contribution in [2.75, 3.05) is 37.7 Å². The molecular formula is C21H32N2O3S2. The molecular weight excluding hydrogens is 392 g/mol. The molecule has 0 radical (unpaired) electrons. The highest BCUT2D eigenvalue weighted by atomic mass is 32.2. The number of thiophene rings is 1. The van der Waals surface area contributed by atoms with Crippen LogP contribution in [0.15, 0.2) is 6.07 Å². The summed E-state index contributed by atoms with van der Waals surface area (Å²) in [6.07, 6.45) is 4.14. The first-order chi connectivity index (χ1) is 13.1. The van der Waals surface area contributed by atoms with Gasteiger partial charge in [0.05, 0.1) is 16.4 Å². The highest BCUT2D eigenvalue weighted by Gasteiger charge is 2.35. The van der Waals surface area contributed by atoms with Gasteiger partial charge in [-0.1, -0.05) is 20.8 Å². The molecule has 0 saturated carbocycles. The predicted octanol–water partition coefficient (Wildman–Crippen LogP) is 2.84. The molecule has 7 heteroatoms. The summed E-state index contributed by atoms with van der Waals surface area (Å²) < 4.78 is 23.5. The minimum atomic E-state index is -2.86. The van der Waals surface area contributed by atoms with Crippen LogP contribution in [0.4, 0.5) is 0 Å². The predicted molar refractivity (Wildman–Crippen MR) is 114 cm³/mol. The van der Waals surface area contributed by atoms with E-state index in [1.165, 1.54) is 16.9 Å². The van der Waals surface area contributed by atoms with E-state index in [0.717, 1.165) is 37.2 Å². The fraction of sp³-hybridized carbons (Fsp3) is 0.762. The molecule has 0 unspecified atom stereocenters. The van der Waals surface area contributed by atoms with Crippen LogP contribution in [0.25, 0.3) is 0 Å². The van der Waals surface area contributed by atoms with Gasteiger partial charge >= 0.3 is 0 Å². The van der Waals surface area contributed by atoms with Crippen LogP contribution in [0.5, 0.6) is 0 Å². The average molecular weight is 425 g/mol. The van der Waals surface area contributed by atoms with Crippen LogP contribution in [0.2, 0.25) is 0 Å². The molecule has 1 amide bonds. The maximum Gasteiger partial charge on any atom is 0.264 e. The Labute approximate surface area is 173 Å². The molecule has 156 valence electrons. The van der Waals surface area contributed by atoms with Crippen LogP contribution in [0, 0.1) is 11.3 Å². The largest absolute Gasteiger partial charge is 0.335 e. The lowest BCUT2D eigenvalue weighted by Gasteiger charge is -2.37. The quantitative estimate of drug-likeness (QED) is 0.733. The SMILES string of the molecule is CC(C)(C)[C@H]1CCc2sc(C(=O)N3CCN([C@H]4CCS(=O)(=O)C4)CC3)cc2C1. The second-order valence-corrected chi connectivity index (χ2v) is 13.1. The van der Waals surface area contributed by atoms with Gasteiger partial charge in [0.2, 0.25) is 0 Å². The van der Waals surface area contributed by atoms with Crippen molar-refractivity contribution in [3.63, 3.8) is 0 Å². The number of aryl methyl sites for hydroxylation is 1. The second kappa shape index (κ2) is 7.40. The molecule has 5 nitrogen and oxygen atoms in total. The van der Waals surface area contributed by atoms with Gasteiger partial charge in [-0.15, -0.1) is 11.3 Å². The van der Waals surface area contributed by atoms with Crippen molar-refractivity contribution < 1.29 is 13.2 Å². The topological polar surface area (TPSA) is 57.7 Å². The molecule has 2 saturated heterocycles. The molecule has 0 spiro atoms. The summed E-state index contributed by atoms with van der Waals surface area (Å²) in [7, 11) is -2.86. The zero-order valence-corrected chi connectivity index (χ0v) is 18.9. The number of carbonyl (C=O) groups is 1. The van der Waals surface area contributed by atoms with Gasteiger partial charge in [-0.05, 0) is 48.6 Å². The Kier molecular flexibility index (Phi) is 5.38. The Bertz CT molecular complexity index is 845. The molecule has 0 N–H and O–H groups in total. The first-order valence-corrected chi connectivity index (χ1v) is 13.1. The van der Waals surface area contributed by atoms with Crippen LogP contribution in [-0.2, 0) is 22.7 Å². The number of hydrogen-bond donors (Lipinski definition) is 0. The van der Waals surface area contributed by atoms with Crippen molar-refractivity contribution in [1.82, 2.24) is 9.80 Å². The molecule has 4 rings (SSSR count). The molecule has 1 aliphatic carbocycles. The zero-order chi connectivity index (χ0) is 20.1. The van der Waals surface area contributed by atoms with Crippen molar-refractivity contribution in [2.45, 2.75) is 52.5 Å². The number of piperazine rings is 1. The monoisotopic (exact) mass is 424 g/mol. The third-order valence-electron chi connectivity index (χ3n) is 6.84. The van der Waals surface area contributed by atoms with Gasteiger partial charge in [0.25, 0.3) is 5.91 Å². The van der Waals surface area contributed by atoms with Gasteiger partial charge in [0, 0.05) is 37.1 Å². The van der Waals surface area contributed by atoms with Crippen LogP contribution in [0.3, 0.4) is 0 Å². The van der Waals surface area contributed by atoms with E-state index in [9.17, 15) is 13.2 Å². The maximum atomic E-state index is 13.0. The van der Waals surface area contributed by atoms with E-state index in [4.69, 9.17) is 0 Å². The Morgan fingerprint density at radius 1 is 1.14 bits per heavy atom. The van der Waals surface area contributed by atoms with Crippen molar-refractivity contribution in [3.8, 4) is 0 Å². The summed E-state index contributed by atoms with van der Waals surface area (Å²) in [6, 6.07) is 2.29. The number of nitrogens with zero attached hydrogens (tertiary/aromatic N) is 2. The highest BCUT2D eigenvalue weighted by molar-refractivity contribution is 7.91. The summed E-state index contributed by atoms with van der Waals surface area (Å²) in [5.74, 6) is 1.44. The number of amides is 1. The standard InChI is InChI=1S/C21H32N2O3S2/c1-21(2,3)16-4-5-18-15(12-16)13-19(27-18)20(24)23-9-7-22(8-10-23)17-6-11-28(25,26)14-17/h13,16-17H,4-12,14H2,1-3H3/t16-,17-/m0/s1. The number of carbonyl (C=O) groups excluding carboxylic acids is 1. The summed E-state index contributed by atoms with van der Waals surface area (Å²) in [5.41, 5.74) is 1.70. The Hall–Kier alpha value is -0.920. The molecule has 3 heterocycles. The number of rotatable bonds is 2. The average Bonchev–Trinajstić information content (AvgIpc) is 3.22. The third kappa shape index (κ3) is 4.17. The molecule has 2 aliphatic heterocycles. The Morgan fingerprint density at radius 3 is 2.46 bits per heavy atom. The highest BCUT2D eigenvalue weighted by Crippen LogP contribution is 2.40. The van der Waals surface area contributed by atoms with Gasteiger partial charge in [0.15, 0.2) is 9.84 Å².